The number of aromatic nitrogens is 2. The number of pyridine rings is 2. The van der Waals surface area contributed by atoms with Crippen molar-refractivity contribution in [3.63, 3.8) is 0 Å². The molecule has 4 aromatic heterocycles. The molecule has 0 aliphatic carbocycles. The standard InChI is InChI=1S/C46H28N2OS/c1-5-29(21-31(7-1)37-9-3-19-47-27-37)33-11-15-43-39(23-33)40-24-34(12-16-44(40)49-43)36-14-18-46-42(26-36)41-25-35(13-17-45(41)50-46)30-6-2-8-32(22-30)38-10-4-20-48-28-38/h1-28H. The number of hydrogen-bond donors (Lipinski definition) is 0. The van der Waals surface area contributed by atoms with Crippen molar-refractivity contribution < 1.29 is 4.42 Å². The molecule has 0 saturated heterocycles. The molecule has 3 nitrogen and oxygen atoms in total. The molecule has 0 N–H and O–H groups in total. The fraction of sp³-hybridized carbons (Fsp3) is 0. The molecule has 0 amide bonds. The largest absolute Gasteiger partial charge is 0.456 e. The van der Waals surface area contributed by atoms with E-state index >= 15 is 0 Å². The van der Waals surface area contributed by atoms with Gasteiger partial charge in [-0.05, 0) is 117 Å². The maximum atomic E-state index is 6.32. The lowest BCUT2D eigenvalue weighted by Gasteiger charge is -2.07. The first-order valence-electron chi connectivity index (χ1n) is 16.7. The van der Waals surface area contributed by atoms with Gasteiger partial charge in [-0.1, -0.05) is 72.8 Å². The topological polar surface area (TPSA) is 38.9 Å². The second-order valence-electron chi connectivity index (χ2n) is 12.7. The van der Waals surface area contributed by atoms with E-state index in [1.165, 1.54) is 48.0 Å². The van der Waals surface area contributed by atoms with Gasteiger partial charge >= 0.3 is 0 Å². The van der Waals surface area contributed by atoms with Crippen molar-refractivity contribution >= 4 is 53.4 Å². The normalized spacial score (nSPS) is 11.6. The van der Waals surface area contributed by atoms with Crippen LogP contribution in [-0.4, -0.2) is 9.97 Å². The quantitative estimate of drug-likeness (QED) is 0.185. The van der Waals surface area contributed by atoms with Gasteiger partial charge in [0.1, 0.15) is 11.2 Å². The summed E-state index contributed by atoms with van der Waals surface area (Å²) in [6.07, 6.45) is 7.45. The van der Waals surface area contributed by atoms with Crippen LogP contribution in [0.5, 0.6) is 0 Å². The Morgan fingerprint density at radius 3 is 1.16 bits per heavy atom. The predicted octanol–water partition coefficient (Wildman–Crippen LogP) is 13.1. The molecular formula is C46H28N2OS. The van der Waals surface area contributed by atoms with Gasteiger partial charge in [0.15, 0.2) is 0 Å². The zero-order valence-corrected chi connectivity index (χ0v) is 27.7. The van der Waals surface area contributed by atoms with Gasteiger partial charge in [-0.15, -0.1) is 11.3 Å². The summed E-state index contributed by atoms with van der Waals surface area (Å²) in [5.74, 6) is 0. The Labute approximate surface area is 292 Å². The minimum absolute atomic E-state index is 0.892. The van der Waals surface area contributed by atoms with E-state index in [-0.39, 0.29) is 0 Å². The van der Waals surface area contributed by atoms with Crippen LogP contribution in [-0.2, 0) is 0 Å². The molecule has 6 aromatic carbocycles. The van der Waals surface area contributed by atoms with Crippen LogP contribution >= 0.6 is 11.3 Å². The Morgan fingerprint density at radius 2 is 0.720 bits per heavy atom. The first-order valence-corrected chi connectivity index (χ1v) is 17.5. The van der Waals surface area contributed by atoms with Gasteiger partial charge in [-0.3, -0.25) is 9.97 Å². The summed E-state index contributed by atoms with van der Waals surface area (Å²) in [6, 6.07) is 52.3. The van der Waals surface area contributed by atoms with E-state index < -0.39 is 0 Å². The highest BCUT2D eigenvalue weighted by atomic mass is 32.1. The zero-order chi connectivity index (χ0) is 33.0. The number of hydrogen-bond acceptors (Lipinski definition) is 4. The van der Waals surface area contributed by atoms with Gasteiger partial charge in [0.05, 0.1) is 0 Å². The molecule has 0 bridgehead atoms. The van der Waals surface area contributed by atoms with Gasteiger partial charge in [-0.2, -0.15) is 0 Å². The van der Waals surface area contributed by atoms with Gasteiger partial charge in [0, 0.05) is 66.9 Å². The second kappa shape index (κ2) is 11.7. The fourth-order valence-corrected chi connectivity index (χ4v) is 8.16. The van der Waals surface area contributed by atoms with Crippen molar-refractivity contribution in [3.05, 3.63) is 170 Å². The molecule has 0 aliphatic rings. The molecule has 4 heterocycles. The Morgan fingerprint density at radius 1 is 0.340 bits per heavy atom. The number of furan rings is 1. The Hall–Kier alpha value is -6.36. The lowest BCUT2D eigenvalue weighted by atomic mass is 9.97. The number of benzene rings is 6. The monoisotopic (exact) mass is 656 g/mol. The lowest BCUT2D eigenvalue weighted by molar-refractivity contribution is 0.669. The van der Waals surface area contributed by atoms with Crippen molar-refractivity contribution in [2.24, 2.45) is 0 Å². The molecule has 10 rings (SSSR count). The minimum Gasteiger partial charge on any atom is -0.456 e. The van der Waals surface area contributed by atoms with Crippen LogP contribution in [0.25, 0.3) is 97.7 Å². The predicted molar refractivity (Wildman–Crippen MR) is 209 cm³/mol. The summed E-state index contributed by atoms with van der Waals surface area (Å²) < 4.78 is 8.91. The summed E-state index contributed by atoms with van der Waals surface area (Å²) in [7, 11) is 0. The molecule has 0 atom stereocenters. The summed E-state index contributed by atoms with van der Waals surface area (Å²) in [4.78, 5) is 8.62. The van der Waals surface area contributed by atoms with Crippen LogP contribution in [0.1, 0.15) is 0 Å². The molecule has 0 saturated carbocycles. The van der Waals surface area contributed by atoms with Crippen molar-refractivity contribution in [3.8, 4) is 55.6 Å². The third-order valence-corrected chi connectivity index (χ3v) is 10.8. The van der Waals surface area contributed by atoms with Crippen LogP contribution in [0.15, 0.2) is 175 Å². The van der Waals surface area contributed by atoms with Gasteiger partial charge in [0.25, 0.3) is 0 Å². The molecule has 0 aliphatic heterocycles. The molecular weight excluding hydrogens is 629 g/mol. The first-order chi connectivity index (χ1) is 24.7. The van der Waals surface area contributed by atoms with Crippen molar-refractivity contribution in [1.29, 1.82) is 0 Å². The average molecular weight is 657 g/mol. The fourth-order valence-electron chi connectivity index (χ4n) is 7.10. The highest BCUT2D eigenvalue weighted by molar-refractivity contribution is 7.25. The minimum atomic E-state index is 0.892. The molecule has 0 fully saturated rings. The second-order valence-corrected chi connectivity index (χ2v) is 13.8. The molecule has 0 unspecified atom stereocenters. The van der Waals surface area contributed by atoms with Crippen LogP contribution in [0.2, 0.25) is 0 Å². The first kappa shape index (κ1) is 28.6. The van der Waals surface area contributed by atoms with E-state index in [0.717, 1.165) is 49.8 Å². The number of fused-ring (bicyclic) bond motifs is 6. The van der Waals surface area contributed by atoms with Crippen molar-refractivity contribution in [2.45, 2.75) is 0 Å². The molecule has 50 heavy (non-hydrogen) atoms. The van der Waals surface area contributed by atoms with Gasteiger partial charge < -0.3 is 4.42 Å². The van der Waals surface area contributed by atoms with E-state index in [1.54, 1.807) is 0 Å². The molecule has 4 heteroatoms. The van der Waals surface area contributed by atoms with Crippen LogP contribution in [0, 0.1) is 0 Å². The SMILES string of the molecule is c1cncc(-c2cccc(-c3ccc4oc5ccc(-c6ccc7sc8ccc(-c9cccc(-c%10cccnc%10)c9)cc8c7c6)cc5c4c3)c2)c1. The maximum Gasteiger partial charge on any atom is 0.135 e. The highest BCUT2D eigenvalue weighted by Gasteiger charge is 2.13. The van der Waals surface area contributed by atoms with E-state index in [0.29, 0.717) is 0 Å². The van der Waals surface area contributed by atoms with Gasteiger partial charge in [0.2, 0.25) is 0 Å². The molecule has 0 spiro atoms. The van der Waals surface area contributed by atoms with Crippen LogP contribution < -0.4 is 0 Å². The third-order valence-electron chi connectivity index (χ3n) is 9.65. The Kier molecular flexibility index (Phi) is 6.68. The smallest absolute Gasteiger partial charge is 0.135 e. The number of rotatable bonds is 5. The van der Waals surface area contributed by atoms with Crippen LogP contribution in [0.3, 0.4) is 0 Å². The van der Waals surface area contributed by atoms with E-state index in [1.807, 2.05) is 48.3 Å². The van der Waals surface area contributed by atoms with E-state index in [4.69, 9.17) is 4.42 Å². The summed E-state index contributed by atoms with van der Waals surface area (Å²) in [6.45, 7) is 0. The summed E-state index contributed by atoms with van der Waals surface area (Å²) in [5, 5.41) is 4.80. The Bertz CT molecular complexity index is 2670. The van der Waals surface area contributed by atoms with Gasteiger partial charge in [-0.25, -0.2) is 0 Å². The number of thiophene rings is 1. The number of nitrogens with zero attached hydrogens (tertiary/aromatic N) is 2. The molecule has 0 radical (unpaired) electrons. The van der Waals surface area contributed by atoms with Crippen LogP contribution in [0.4, 0.5) is 0 Å². The van der Waals surface area contributed by atoms with Crippen molar-refractivity contribution in [2.75, 3.05) is 0 Å². The molecule has 10 aromatic rings. The lowest BCUT2D eigenvalue weighted by Crippen LogP contribution is -1.83. The summed E-state index contributed by atoms with van der Waals surface area (Å²) in [5.41, 5.74) is 13.4. The maximum absolute atomic E-state index is 6.32. The highest BCUT2D eigenvalue weighted by Crippen LogP contribution is 2.40. The average Bonchev–Trinajstić information content (AvgIpc) is 3.75. The van der Waals surface area contributed by atoms with Crippen molar-refractivity contribution in [1.82, 2.24) is 9.97 Å². The Balaban J connectivity index is 1.04. The van der Waals surface area contributed by atoms with E-state index in [2.05, 4.69) is 143 Å². The third kappa shape index (κ3) is 4.97. The molecule has 234 valence electrons. The zero-order valence-electron chi connectivity index (χ0n) is 26.9. The van der Waals surface area contributed by atoms with E-state index in [9.17, 15) is 0 Å². The summed E-state index contributed by atoms with van der Waals surface area (Å²) >= 11 is 1.85.